The molecule has 0 atom stereocenters. The number of rotatable bonds is 4. The summed E-state index contributed by atoms with van der Waals surface area (Å²) in [6, 6.07) is 3.70. The third-order valence-electron chi connectivity index (χ3n) is 7.74. The van der Waals surface area contributed by atoms with Crippen molar-refractivity contribution in [2.45, 2.75) is 118 Å². The van der Waals surface area contributed by atoms with Gasteiger partial charge in [-0.1, -0.05) is 12.1 Å². The lowest BCUT2D eigenvalue weighted by atomic mass is 9.75. The lowest BCUT2D eigenvalue weighted by Crippen LogP contribution is -2.22. The number of hydrogen-bond donors (Lipinski definition) is 0. The molecule has 0 saturated heterocycles. The normalized spacial score (nSPS) is 35.1. The van der Waals surface area contributed by atoms with Crippen LogP contribution in [0.5, 0.6) is 0 Å². The van der Waals surface area contributed by atoms with Gasteiger partial charge in [-0.05, 0) is 111 Å². The van der Waals surface area contributed by atoms with Gasteiger partial charge in [-0.25, -0.2) is 21.6 Å². The molecule has 0 heterocycles. The van der Waals surface area contributed by atoms with Crippen LogP contribution < -0.4 is 0 Å². The zero-order chi connectivity index (χ0) is 22.2. The first-order chi connectivity index (χ1) is 14.7. The van der Waals surface area contributed by atoms with E-state index >= 15 is 0 Å². The largest absolute Gasteiger partial charge is 0.744 e. The number of hydrogen-bond acceptors (Lipinski definition) is 3. The minimum absolute atomic E-state index is 0.128. The van der Waals surface area contributed by atoms with Gasteiger partial charge in [-0.3, -0.25) is 0 Å². The highest BCUT2D eigenvalue weighted by Gasteiger charge is 2.33. The lowest BCUT2D eigenvalue weighted by molar-refractivity contribution is 0.229. The van der Waals surface area contributed by atoms with Crippen LogP contribution in [0.1, 0.15) is 111 Å². The molecular formula is C24H32F3O3S-. The molecule has 0 N–H and O–H groups in total. The quantitative estimate of drug-likeness (QED) is 0.480. The molecule has 174 valence electrons. The number of alkyl halides is 3. The molecule has 4 rings (SSSR count). The maximum absolute atomic E-state index is 13.8. The molecule has 0 bridgehead atoms. The summed E-state index contributed by atoms with van der Waals surface area (Å²) in [5, 5.41) is 0. The second kappa shape index (κ2) is 9.42. The third kappa shape index (κ3) is 5.29. The van der Waals surface area contributed by atoms with Crippen LogP contribution in [0.15, 0.2) is 17.0 Å². The fraction of sp³-hybridized carbons (Fsp3) is 0.750. The summed E-state index contributed by atoms with van der Waals surface area (Å²) < 4.78 is 78.7. The molecular weight excluding hydrogens is 425 g/mol. The van der Waals surface area contributed by atoms with Crippen LogP contribution >= 0.6 is 0 Å². The second-order valence-corrected chi connectivity index (χ2v) is 11.1. The van der Waals surface area contributed by atoms with Gasteiger partial charge in [0.25, 0.3) is 0 Å². The van der Waals surface area contributed by atoms with Crippen LogP contribution in [0.25, 0.3) is 0 Å². The molecule has 0 spiro atoms. The van der Waals surface area contributed by atoms with Crippen molar-refractivity contribution in [2.24, 2.45) is 0 Å². The van der Waals surface area contributed by atoms with Crippen LogP contribution in [0, 0.1) is 0 Å². The first kappa shape index (κ1) is 23.1. The Labute approximate surface area is 183 Å². The maximum Gasteiger partial charge on any atom is 0.124 e. The van der Waals surface area contributed by atoms with E-state index in [1.54, 1.807) is 0 Å². The van der Waals surface area contributed by atoms with E-state index < -0.39 is 28.6 Å². The molecule has 3 nitrogen and oxygen atoms in total. The first-order valence-electron chi connectivity index (χ1n) is 11.8. The van der Waals surface area contributed by atoms with Crippen molar-refractivity contribution in [3.63, 3.8) is 0 Å². The van der Waals surface area contributed by atoms with E-state index in [1.165, 1.54) is 0 Å². The Morgan fingerprint density at radius 2 is 0.935 bits per heavy atom. The highest BCUT2D eigenvalue weighted by Crippen LogP contribution is 2.46. The van der Waals surface area contributed by atoms with Gasteiger partial charge >= 0.3 is 0 Å². The van der Waals surface area contributed by atoms with E-state index in [9.17, 15) is 26.1 Å². The average molecular weight is 458 g/mol. The van der Waals surface area contributed by atoms with Crippen LogP contribution in [0.4, 0.5) is 13.2 Å². The Balaban J connectivity index is 1.80. The molecule has 1 aromatic rings. The topological polar surface area (TPSA) is 57.2 Å². The Hall–Kier alpha value is -1.08. The van der Waals surface area contributed by atoms with E-state index in [4.69, 9.17) is 0 Å². The molecule has 3 aliphatic carbocycles. The summed E-state index contributed by atoms with van der Waals surface area (Å²) in [5.41, 5.74) is 2.02. The fourth-order valence-electron chi connectivity index (χ4n) is 5.94. The van der Waals surface area contributed by atoms with Gasteiger partial charge in [-0.15, -0.1) is 0 Å². The van der Waals surface area contributed by atoms with Gasteiger partial charge in [0.1, 0.15) is 28.6 Å². The average Bonchev–Trinajstić information content (AvgIpc) is 2.74. The van der Waals surface area contributed by atoms with Crippen molar-refractivity contribution in [3.05, 3.63) is 28.8 Å². The summed E-state index contributed by atoms with van der Waals surface area (Å²) >= 11 is 0. The van der Waals surface area contributed by atoms with Gasteiger partial charge in [0.15, 0.2) is 0 Å². The molecule has 0 radical (unpaired) electrons. The molecule has 3 fully saturated rings. The van der Waals surface area contributed by atoms with Gasteiger partial charge in [0.05, 0.1) is 4.90 Å². The summed E-state index contributed by atoms with van der Waals surface area (Å²) in [6.45, 7) is 0. The molecule has 1 aromatic carbocycles. The van der Waals surface area contributed by atoms with Crippen molar-refractivity contribution in [1.29, 1.82) is 0 Å². The summed E-state index contributed by atoms with van der Waals surface area (Å²) in [7, 11) is -4.74. The first-order valence-corrected chi connectivity index (χ1v) is 13.2. The van der Waals surface area contributed by atoms with Gasteiger partial charge < -0.3 is 4.55 Å². The van der Waals surface area contributed by atoms with Crippen LogP contribution in [-0.2, 0) is 10.1 Å². The van der Waals surface area contributed by atoms with Crippen molar-refractivity contribution in [3.8, 4) is 0 Å². The number of halogens is 3. The van der Waals surface area contributed by atoms with Crippen molar-refractivity contribution in [2.75, 3.05) is 0 Å². The molecule has 0 aromatic heterocycles. The molecule has 7 heteroatoms. The minimum atomic E-state index is -4.74. The minimum Gasteiger partial charge on any atom is -0.744 e. The predicted octanol–water partition coefficient (Wildman–Crippen LogP) is 6.58. The third-order valence-corrected chi connectivity index (χ3v) is 8.71. The van der Waals surface area contributed by atoms with Crippen LogP contribution in [-0.4, -0.2) is 31.5 Å². The summed E-state index contributed by atoms with van der Waals surface area (Å²) in [5.74, 6) is -0.207. The van der Waals surface area contributed by atoms with Crippen molar-refractivity contribution in [1.82, 2.24) is 0 Å². The van der Waals surface area contributed by atoms with Crippen LogP contribution in [0.2, 0.25) is 0 Å². The Morgan fingerprint density at radius 1 is 0.613 bits per heavy atom. The van der Waals surface area contributed by atoms with E-state index in [1.807, 2.05) is 12.1 Å². The Bertz CT molecular complexity index is 821. The van der Waals surface area contributed by atoms with Crippen molar-refractivity contribution >= 4 is 10.1 Å². The monoisotopic (exact) mass is 457 g/mol. The summed E-state index contributed by atoms with van der Waals surface area (Å²) in [6.07, 6.45) is 3.30. The standard InChI is InChI=1S/C24H33F3O3S/c25-19-7-1-15(2-8-19)18-13-22(16-3-9-20(26)10-4-16)24(31(28,29)30)23(14-18)17-5-11-21(27)12-6-17/h13-17,19-21H,1-12H2,(H,28,29,30)/p-1. The van der Waals surface area contributed by atoms with Gasteiger partial charge in [0, 0.05) is 0 Å². The molecule has 0 amide bonds. The molecule has 3 aliphatic rings. The zero-order valence-electron chi connectivity index (χ0n) is 17.9. The smallest absolute Gasteiger partial charge is 0.124 e. The maximum atomic E-state index is 13.8. The van der Waals surface area contributed by atoms with Gasteiger partial charge in [0.2, 0.25) is 0 Å². The molecule has 0 aliphatic heterocycles. The molecule has 0 unspecified atom stereocenters. The van der Waals surface area contributed by atoms with E-state index in [-0.39, 0.29) is 22.6 Å². The molecule has 3 saturated carbocycles. The predicted molar refractivity (Wildman–Crippen MR) is 113 cm³/mol. The Morgan fingerprint density at radius 3 is 1.26 bits per heavy atom. The van der Waals surface area contributed by atoms with E-state index in [2.05, 4.69) is 0 Å². The fourth-order valence-corrected chi connectivity index (χ4v) is 6.97. The van der Waals surface area contributed by atoms with E-state index in [0.29, 0.717) is 88.2 Å². The van der Waals surface area contributed by atoms with Gasteiger partial charge in [-0.2, -0.15) is 0 Å². The number of benzene rings is 1. The Kier molecular flexibility index (Phi) is 7.02. The molecule has 31 heavy (non-hydrogen) atoms. The van der Waals surface area contributed by atoms with E-state index in [0.717, 1.165) is 5.56 Å². The lowest BCUT2D eigenvalue weighted by Gasteiger charge is -2.34. The summed E-state index contributed by atoms with van der Waals surface area (Å²) in [4.78, 5) is -0.139. The zero-order valence-corrected chi connectivity index (χ0v) is 18.7. The second-order valence-electron chi connectivity index (χ2n) is 9.83. The highest BCUT2D eigenvalue weighted by molar-refractivity contribution is 7.85. The van der Waals surface area contributed by atoms with Crippen molar-refractivity contribution < 1.29 is 26.1 Å². The SMILES string of the molecule is O=S(=O)([O-])c1c(C2CCC(F)CC2)cc(C2CCC(F)CC2)cc1C1CCC(F)CC1. The highest BCUT2D eigenvalue weighted by atomic mass is 32.2. The van der Waals surface area contributed by atoms with Crippen LogP contribution in [0.3, 0.4) is 0 Å².